The van der Waals surface area contributed by atoms with E-state index in [0.717, 1.165) is 62.5 Å². The van der Waals surface area contributed by atoms with Crippen molar-refractivity contribution < 1.29 is 48.2 Å². The van der Waals surface area contributed by atoms with Gasteiger partial charge in [-0.2, -0.15) is 0 Å². The van der Waals surface area contributed by atoms with Crippen LogP contribution in [0.1, 0.15) is 103 Å². The quantitative estimate of drug-likeness (QED) is 0.367. The Morgan fingerprint density at radius 2 is 1.48 bits per heavy atom. The lowest BCUT2D eigenvalue weighted by Crippen LogP contribution is -2.57. The second-order valence-corrected chi connectivity index (χ2v) is 16.4. The van der Waals surface area contributed by atoms with Crippen LogP contribution < -0.4 is 5.73 Å². The average molecular weight is 704 g/mol. The van der Waals surface area contributed by atoms with Crippen molar-refractivity contribution >= 4 is 5.78 Å². The Hall–Kier alpha value is -1.25. The number of Topliss-reactive ketones (excluding diaryl/α,β-unsaturated/α-hetero) is 1. The van der Waals surface area contributed by atoms with Crippen molar-refractivity contribution in [1.82, 2.24) is 0 Å². The maximum absolute atomic E-state index is 13.7. The van der Waals surface area contributed by atoms with E-state index in [4.69, 9.17) is 38.9 Å². The number of aliphatic hydroxyl groups excluding tert-OH is 2. The molecule has 9 rings (SSSR count). The summed E-state index contributed by atoms with van der Waals surface area (Å²) in [6.45, 7) is 8.92. The Morgan fingerprint density at radius 1 is 0.740 bits per heavy atom. The molecule has 9 heterocycles. The molecule has 16 atom stereocenters. The predicted octanol–water partition coefficient (Wildman–Crippen LogP) is 3.84. The van der Waals surface area contributed by atoms with E-state index in [-0.39, 0.29) is 91.5 Å². The fraction of sp³-hybridized carbons (Fsp3) is 0.872. The minimum Gasteiger partial charge on any atom is -0.392 e. The van der Waals surface area contributed by atoms with Crippen molar-refractivity contribution in [3.8, 4) is 0 Å². The summed E-state index contributed by atoms with van der Waals surface area (Å²) in [7, 11) is 1.70. The van der Waals surface area contributed by atoms with Gasteiger partial charge in [0.25, 0.3) is 0 Å². The highest BCUT2D eigenvalue weighted by molar-refractivity contribution is 5.79. The van der Waals surface area contributed by atoms with Crippen LogP contribution in [0.5, 0.6) is 0 Å². The Labute approximate surface area is 297 Å². The van der Waals surface area contributed by atoms with Gasteiger partial charge in [0.05, 0.1) is 79.4 Å². The molecule has 50 heavy (non-hydrogen) atoms. The molecule has 9 aliphatic rings. The van der Waals surface area contributed by atoms with Crippen LogP contribution in [-0.2, 0) is 38.0 Å². The number of hydrogen-bond donors (Lipinski definition) is 3. The van der Waals surface area contributed by atoms with Crippen LogP contribution in [-0.4, -0.2) is 121 Å². The average Bonchev–Trinajstić information content (AvgIpc) is 3.78. The van der Waals surface area contributed by atoms with Crippen molar-refractivity contribution in [3.05, 3.63) is 24.3 Å². The lowest BCUT2D eigenvalue weighted by molar-refractivity contribution is -0.252. The van der Waals surface area contributed by atoms with Crippen molar-refractivity contribution in [1.29, 1.82) is 0 Å². The number of hydrogen-bond acceptors (Lipinski definition) is 11. The molecular formula is C39H61NO10. The van der Waals surface area contributed by atoms with Gasteiger partial charge in [-0.3, -0.25) is 4.79 Å². The zero-order valence-corrected chi connectivity index (χ0v) is 29.9. The fourth-order valence-corrected chi connectivity index (χ4v) is 9.94. The third kappa shape index (κ3) is 8.59. The predicted molar refractivity (Wildman–Crippen MR) is 184 cm³/mol. The zero-order chi connectivity index (χ0) is 34.9. The smallest absolute Gasteiger partial charge is 0.135 e. The molecule has 9 aliphatic heterocycles. The second-order valence-electron chi connectivity index (χ2n) is 16.4. The van der Waals surface area contributed by atoms with Crippen LogP contribution in [0.2, 0.25) is 0 Å². The van der Waals surface area contributed by atoms with E-state index in [0.29, 0.717) is 51.4 Å². The topological polar surface area (TPSA) is 148 Å². The molecule has 11 heteroatoms. The minimum absolute atomic E-state index is 0.0133. The van der Waals surface area contributed by atoms with Gasteiger partial charge >= 0.3 is 0 Å². The SMILES string of the molecule is C=C1CC2CCC3C[C@@H](O)C(O3)C3C[C@@H](OC)[C@@H]4OC(CC[C@@H]4O3)CC(=O)CC3CC(CC(O)CN)OC3CC3OC(CCC3=C)CCC1O2. The number of carbonyl (C=O) groups is 1. The first-order valence-corrected chi connectivity index (χ1v) is 19.5. The van der Waals surface area contributed by atoms with Gasteiger partial charge in [-0.1, -0.05) is 13.2 Å². The number of ether oxygens (including phenoxy) is 7. The van der Waals surface area contributed by atoms with Crippen molar-refractivity contribution in [2.75, 3.05) is 13.7 Å². The van der Waals surface area contributed by atoms with Crippen LogP contribution >= 0.6 is 0 Å². The molecule has 0 aromatic carbocycles. The van der Waals surface area contributed by atoms with Crippen molar-refractivity contribution in [2.45, 2.75) is 194 Å². The highest BCUT2D eigenvalue weighted by atomic mass is 16.6. The molecule has 0 aromatic heterocycles. The summed E-state index contributed by atoms with van der Waals surface area (Å²) < 4.78 is 45.3. The molecule has 0 radical (unpaired) electrons. The Balaban J connectivity index is 1.07. The molecule has 0 saturated carbocycles. The summed E-state index contributed by atoms with van der Waals surface area (Å²) in [6, 6.07) is 0. The summed E-state index contributed by atoms with van der Waals surface area (Å²) in [4.78, 5) is 13.7. The molecule has 0 amide bonds. The van der Waals surface area contributed by atoms with Crippen LogP contribution in [0.25, 0.3) is 0 Å². The molecular weight excluding hydrogens is 642 g/mol. The largest absolute Gasteiger partial charge is 0.392 e. The summed E-state index contributed by atoms with van der Waals surface area (Å²) in [5.41, 5.74) is 7.97. The van der Waals surface area contributed by atoms with Gasteiger partial charge in [0.15, 0.2) is 0 Å². The molecule has 282 valence electrons. The number of ketones is 1. The van der Waals surface area contributed by atoms with Crippen LogP contribution in [0.15, 0.2) is 24.3 Å². The summed E-state index contributed by atoms with van der Waals surface area (Å²) in [6.07, 6.45) is 8.10. The van der Waals surface area contributed by atoms with Crippen molar-refractivity contribution in [2.24, 2.45) is 11.7 Å². The van der Waals surface area contributed by atoms with E-state index in [1.807, 2.05) is 0 Å². The molecule has 12 unspecified atom stereocenters. The first-order chi connectivity index (χ1) is 24.1. The molecule has 11 nitrogen and oxygen atoms in total. The van der Waals surface area contributed by atoms with E-state index in [1.54, 1.807) is 7.11 Å². The summed E-state index contributed by atoms with van der Waals surface area (Å²) in [5.74, 6) is 0.172. The van der Waals surface area contributed by atoms with Gasteiger partial charge in [-0.25, -0.2) is 0 Å². The van der Waals surface area contributed by atoms with Crippen LogP contribution in [0.3, 0.4) is 0 Å². The fourth-order valence-electron chi connectivity index (χ4n) is 9.94. The standard InChI is InChI=1S/C39H61NO10/c1-21-4-5-26-8-10-32-22(2)12-27(46-32)6-7-29-17-31(43)38(48-29)37-19-36(44-3)39-33(50-37)11-9-28(49-39)15-24(41)13-23-14-30(16-25(42)20-40)47-35(23)18-34(21)45-26/h23,25-39,42-43H,1-2,4-20,40H2,3H3/t23?,25?,26?,27?,28?,29?,30?,31-,32?,33+,34?,35?,36-,37?,38?,39-/m1/s1. The number of nitrogens with two attached hydrogens (primary N) is 1. The summed E-state index contributed by atoms with van der Waals surface area (Å²) >= 11 is 0. The monoisotopic (exact) mass is 703 g/mol. The number of aliphatic hydroxyl groups is 2. The first-order valence-electron chi connectivity index (χ1n) is 19.5. The number of carbonyl (C=O) groups excluding carboxylic acids is 1. The molecule has 10 bridgehead atoms. The molecule has 9 saturated heterocycles. The lowest BCUT2D eigenvalue weighted by Gasteiger charge is -2.47. The van der Waals surface area contributed by atoms with Gasteiger partial charge in [0, 0.05) is 52.2 Å². The second kappa shape index (κ2) is 16.4. The van der Waals surface area contributed by atoms with E-state index >= 15 is 0 Å². The van der Waals surface area contributed by atoms with E-state index < -0.39 is 18.3 Å². The third-order valence-electron chi connectivity index (χ3n) is 12.7. The highest BCUT2D eigenvalue weighted by Crippen LogP contribution is 2.42. The van der Waals surface area contributed by atoms with E-state index in [1.165, 1.54) is 0 Å². The third-order valence-corrected chi connectivity index (χ3v) is 12.7. The van der Waals surface area contributed by atoms with Crippen LogP contribution in [0, 0.1) is 5.92 Å². The first kappa shape index (κ1) is 37.1. The molecule has 9 fully saturated rings. The summed E-state index contributed by atoms with van der Waals surface area (Å²) in [5, 5.41) is 21.4. The number of methoxy groups -OCH3 is 1. The van der Waals surface area contributed by atoms with Gasteiger partial charge in [0.2, 0.25) is 0 Å². The van der Waals surface area contributed by atoms with Crippen LogP contribution in [0.4, 0.5) is 0 Å². The van der Waals surface area contributed by atoms with Gasteiger partial charge < -0.3 is 49.1 Å². The Kier molecular flexibility index (Phi) is 12.2. The maximum Gasteiger partial charge on any atom is 0.135 e. The lowest BCUT2D eigenvalue weighted by atomic mass is 9.85. The Morgan fingerprint density at radius 3 is 2.30 bits per heavy atom. The molecule has 0 aliphatic carbocycles. The molecule has 0 spiro atoms. The molecule has 4 N–H and O–H groups in total. The zero-order valence-electron chi connectivity index (χ0n) is 29.9. The maximum atomic E-state index is 13.7. The normalized spacial score (nSPS) is 46.8. The molecule has 0 aromatic rings. The minimum atomic E-state index is -0.638. The van der Waals surface area contributed by atoms with Gasteiger partial charge in [-0.05, 0) is 81.3 Å². The van der Waals surface area contributed by atoms with Gasteiger partial charge in [-0.15, -0.1) is 0 Å². The number of fused-ring (bicyclic) bond motifs is 2. The Bertz CT molecular complexity index is 1190. The highest BCUT2D eigenvalue weighted by Gasteiger charge is 2.50. The van der Waals surface area contributed by atoms with E-state index in [9.17, 15) is 15.0 Å². The van der Waals surface area contributed by atoms with Crippen molar-refractivity contribution in [3.63, 3.8) is 0 Å². The number of rotatable bonds is 4. The van der Waals surface area contributed by atoms with E-state index in [2.05, 4.69) is 13.2 Å². The van der Waals surface area contributed by atoms with Gasteiger partial charge in [0.1, 0.15) is 18.0 Å².